The summed E-state index contributed by atoms with van der Waals surface area (Å²) >= 11 is 0. The first-order valence-corrected chi connectivity index (χ1v) is 11.3. The molecule has 2 aromatic heterocycles. The lowest BCUT2D eigenvalue weighted by Crippen LogP contribution is -2.39. The van der Waals surface area contributed by atoms with Crippen molar-refractivity contribution in [2.24, 2.45) is 0 Å². The van der Waals surface area contributed by atoms with Crippen LogP contribution in [0.3, 0.4) is 0 Å². The molecule has 31 heavy (non-hydrogen) atoms. The lowest BCUT2D eigenvalue weighted by Gasteiger charge is -2.23. The van der Waals surface area contributed by atoms with E-state index in [9.17, 15) is 13.2 Å². The third kappa shape index (κ3) is 5.01. The molecule has 2 aromatic carbocycles. The highest BCUT2D eigenvalue weighted by Gasteiger charge is 2.18. The van der Waals surface area contributed by atoms with Crippen LogP contribution in [0.15, 0.2) is 91.3 Å². The van der Waals surface area contributed by atoms with Gasteiger partial charge in [0.2, 0.25) is 10.0 Å². The molecule has 0 spiro atoms. The van der Waals surface area contributed by atoms with Crippen molar-refractivity contribution in [1.29, 1.82) is 0 Å². The standard InChI is InChI=1S/C22H21N5O3S/c28-22(27(19-7-3-1-4-8-19)20-9-5-2-6-10-20)23-14-16-31(29,30)25-18-12-15-26-21(17-18)11-13-24-26/h1-13,15,17,25H,14,16H2,(H,23,28). The summed E-state index contributed by atoms with van der Waals surface area (Å²) in [6.07, 6.45) is 3.31. The van der Waals surface area contributed by atoms with Gasteiger partial charge in [-0.05, 0) is 42.5 Å². The quantitative estimate of drug-likeness (QED) is 0.463. The molecule has 0 saturated heterocycles. The van der Waals surface area contributed by atoms with Crippen LogP contribution in [0.2, 0.25) is 0 Å². The van der Waals surface area contributed by atoms with Gasteiger partial charge in [-0.1, -0.05) is 36.4 Å². The first-order valence-electron chi connectivity index (χ1n) is 9.64. The Bertz CT molecular complexity index is 1230. The zero-order chi connectivity index (χ0) is 21.7. The van der Waals surface area contributed by atoms with E-state index in [1.165, 1.54) is 4.90 Å². The van der Waals surface area contributed by atoms with Crippen LogP contribution in [-0.2, 0) is 10.0 Å². The number of fused-ring (bicyclic) bond motifs is 1. The molecule has 0 unspecified atom stereocenters. The smallest absolute Gasteiger partial charge is 0.326 e. The van der Waals surface area contributed by atoms with Crippen LogP contribution in [0.25, 0.3) is 5.52 Å². The van der Waals surface area contributed by atoms with E-state index >= 15 is 0 Å². The maximum absolute atomic E-state index is 12.9. The molecule has 4 aromatic rings. The molecular formula is C22H21N5O3S. The molecule has 9 heteroatoms. The fraction of sp³-hybridized carbons (Fsp3) is 0.0909. The maximum Gasteiger partial charge on any atom is 0.326 e. The number of rotatable bonds is 7. The number of benzene rings is 2. The number of urea groups is 1. The van der Waals surface area contributed by atoms with E-state index in [-0.39, 0.29) is 12.3 Å². The Morgan fingerprint density at radius 1 is 0.935 bits per heavy atom. The minimum atomic E-state index is -3.65. The van der Waals surface area contributed by atoms with Gasteiger partial charge in [-0.2, -0.15) is 5.10 Å². The van der Waals surface area contributed by atoms with Crippen molar-refractivity contribution in [2.75, 3.05) is 21.9 Å². The van der Waals surface area contributed by atoms with Crippen LogP contribution in [0.4, 0.5) is 21.9 Å². The molecule has 0 aliphatic carbocycles. The van der Waals surface area contributed by atoms with E-state index in [0.717, 1.165) is 5.52 Å². The number of carbonyl (C=O) groups excluding carboxylic acids is 1. The van der Waals surface area contributed by atoms with Crippen molar-refractivity contribution >= 4 is 38.6 Å². The first kappa shape index (κ1) is 20.4. The van der Waals surface area contributed by atoms with Crippen molar-refractivity contribution in [1.82, 2.24) is 14.9 Å². The second kappa shape index (κ2) is 8.88. The minimum Gasteiger partial charge on any atom is -0.336 e. The summed E-state index contributed by atoms with van der Waals surface area (Å²) in [6.45, 7) is -0.0424. The lowest BCUT2D eigenvalue weighted by molar-refractivity contribution is 0.249. The molecule has 2 N–H and O–H groups in total. The molecule has 0 bridgehead atoms. The van der Waals surface area contributed by atoms with Gasteiger partial charge in [0.1, 0.15) is 0 Å². The van der Waals surface area contributed by atoms with Crippen LogP contribution >= 0.6 is 0 Å². The fourth-order valence-electron chi connectivity index (χ4n) is 3.12. The number of hydrogen-bond donors (Lipinski definition) is 2. The van der Waals surface area contributed by atoms with Gasteiger partial charge < -0.3 is 5.32 Å². The monoisotopic (exact) mass is 435 g/mol. The molecule has 0 fully saturated rings. The molecule has 2 amide bonds. The lowest BCUT2D eigenvalue weighted by atomic mass is 10.2. The third-order valence-electron chi connectivity index (χ3n) is 4.55. The van der Waals surface area contributed by atoms with Gasteiger partial charge in [0.15, 0.2) is 0 Å². The molecule has 0 saturated carbocycles. The maximum atomic E-state index is 12.9. The van der Waals surface area contributed by atoms with Crippen molar-refractivity contribution < 1.29 is 13.2 Å². The molecule has 4 rings (SSSR count). The SMILES string of the molecule is O=C(NCCS(=O)(=O)Nc1ccn2nccc2c1)N(c1ccccc1)c1ccccc1. The average molecular weight is 436 g/mol. The van der Waals surface area contributed by atoms with E-state index in [4.69, 9.17) is 0 Å². The number of nitrogens with one attached hydrogen (secondary N) is 2. The van der Waals surface area contributed by atoms with E-state index in [0.29, 0.717) is 17.1 Å². The van der Waals surface area contributed by atoms with E-state index in [1.54, 1.807) is 35.1 Å². The molecular weight excluding hydrogens is 414 g/mol. The minimum absolute atomic E-state index is 0.0424. The van der Waals surface area contributed by atoms with Gasteiger partial charge >= 0.3 is 6.03 Å². The van der Waals surface area contributed by atoms with Crippen molar-refractivity contribution in [3.05, 3.63) is 91.3 Å². The summed E-state index contributed by atoms with van der Waals surface area (Å²) in [6, 6.07) is 23.0. The number of para-hydroxylation sites is 2. The number of nitrogens with zero attached hydrogens (tertiary/aromatic N) is 3. The summed E-state index contributed by atoms with van der Waals surface area (Å²) in [5.41, 5.74) is 2.58. The summed E-state index contributed by atoms with van der Waals surface area (Å²) in [4.78, 5) is 14.4. The summed E-state index contributed by atoms with van der Waals surface area (Å²) in [5.74, 6) is -0.263. The van der Waals surface area contributed by atoms with Crippen molar-refractivity contribution in [3.8, 4) is 0 Å². The second-order valence-electron chi connectivity index (χ2n) is 6.78. The summed E-state index contributed by atoms with van der Waals surface area (Å²) in [7, 11) is -3.65. The van der Waals surface area contributed by atoms with Crippen LogP contribution in [-0.4, -0.2) is 36.4 Å². The Morgan fingerprint density at radius 2 is 1.58 bits per heavy atom. The molecule has 0 aliphatic heterocycles. The zero-order valence-corrected chi connectivity index (χ0v) is 17.4. The molecule has 8 nitrogen and oxygen atoms in total. The van der Waals surface area contributed by atoms with Gasteiger partial charge in [-0.15, -0.1) is 0 Å². The highest BCUT2D eigenvalue weighted by molar-refractivity contribution is 7.92. The third-order valence-corrected chi connectivity index (χ3v) is 5.84. The van der Waals surface area contributed by atoms with E-state index in [2.05, 4.69) is 15.1 Å². The summed E-state index contributed by atoms with van der Waals surface area (Å²) < 4.78 is 29.1. The predicted octanol–water partition coefficient (Wildman–Crippen LogP) is 3.62. The topological polar surface area (TPSA) is 95.8 Å². The molecule has 158 valence electrons. The normalized spacial score (nSPS) is 11.2. The largest absolute Gasteiger partial charge is 0.336 e. The highest BCUT2D eigenvalue weighted by atomic mass is 32.2. The predicted molar refractivity (Wildman–Crippen MR) is 121 cm³/mol. The number of hydrogen-bond acceptors (Lipinski definition) is 4. The number of carbonyl (C=O) groups is 1. The van der Waals surface area contributed by atoms with Crippen LogP contribution in [0, 0.1) is 0 Å². The molecule has 0 atom stereocenters. The number of amides is 2. The zero-order valence-electron chi connectivity index (χ0n) is 16.5. The Labute approximate surface area is 180 Å². The van der Waals surface area contributed by atoms with Crippen molar-refractivity contribution in [3.63, 3.8) is 0 Å². The van der Waals surface area contributed by atoms with Gasteiger partial charge in [0, 0.05) is 18.9 Å². The van der Waals surface area contributed by atoms with Gasteiger partial charge in [0.05, 0.1) is 28.3 Å². The Morgan fingerprint density at radius 3 is 2.23 bits per heavy atom. The Balaban J connectivity index is 1.41. The van der Waals surface area contributed by atoms with E-state index < -0.39 is 16.1 Å². The highest BCUT2D eigenvalue weighted by Crippen LogP contribution is 2.24. The Hall–Kier alpha value is -3.85. The van der Waals surface area contributed by atoms with Crippen LogP contribution in [0.1, 0.15) is 0 Å². The number of sulfonamides is 1. The van der Waals surface area contributed by atoms with Crippen molar-refractivity contribution in [2.45, 2.75) is 0 Å². The summed E-state index contributed by atoms with van der Waals surface area (Å²) in [5, 5.41) is 6.78. The van der Waals surface area contributed by atoms with Gasteiger partial charge in [-0.3, -0.25) is 9.62 Å². The number of pyridine rings is 1. The second-order valence-corrected chi connectivity index (χ2v) is 8.62. The van der Waals surface area contributed by atoms with Gasteiger partial charge in [-0.25, -0.2) is 17.7 Å². The van der Waals surface area contributed by atoms with Crippen LogP contribution < -0.4 is 14.9 Å². The average Bonchev–Trinajstić information content (AvgIpc) is 3.23. The number of anilines is 3. The molecule has 2 heterocycles. The van der Waals surface area contributed by atoms with Crippen LogP contribution in [0.5, 0.6) is 0 Å². The van der Waals surface area contributed by atoms with Gasteiger partial charge in [0.25, 0.3) is 0 Å². The fourth-order valence-corrected chi connectivity index (χ4v) is 4.08. The number of aromatic nitrogens is 2. The molecule has 0 radical (unpaired) electrons. The first-order chi connectivity index (χ1) is 15.0. The molecule has 0 aliphatic rings. The van der Waals surface area contributed by atoms with E-state index in [1.807, 2.05) is 60.7 Å². The Kier molecular flexibility index (Phi) is 5.85.